The van der Waals surface area contributed by atoms with Gasteiger partial charge in [-0.05, 0) is 24.6 Å². The SMILES string of the molecule is O=C(O)CC[C@H](NS(=O)(=O)c1ccc(Cl)cc1F)C(=O)O. The molecule has 116 valence electrons. The molecule has 0 saturated carbocycles. The Morgan fingerprint density at radius 3 is 2.43 bits per heavy atom. The molecule has 0 heterocycles. The van der Waals surface area contributed by atoms with Gasteiger partial charge in [0, 0.05) is 11.4 Å². The number of carboxylic acid groups (broad SMARTS) is 2. The van der Waals surface area contributed by atoms with E-state index in [1.165, 1.54) is 0 Å². The van der Waals surface area contributed by atoms with Gasteiger partial charge in [-0.15, -0.1) is 0 Å². The summed E-state index contributed by atoms with van der Waals surface area (Å²) in [5, 5.41) is 17.3. The molecule has 1 aromatic carbocycles. The number of halogens is 2. The van der Waals surface area contributed by atoms with Crippen LogP contribution in [0.15, 0.2) is 23.1 Å². The van der Waals surface area contributed by atoms with Crippen LogP contribution in [0.1, 0.15) is 12.8 Å². The normalized spacial score (nSPS) is 12.9. The van der Waals surface area contributed by atoms with Gasteiger partial charge >= 0.3 is 11.9 Å². The van der Waals surface area contributed by atoms with E-state index < -0.39 is 51.6 Å². The third kappa shape index (κ3) is 4.96. The Hall–Kier alpha value is -1.71. The van der Waals surface area contributed by atoms with E-state index in [9.17, 15) is 22.4 Å². The molecular weight excluding hydrogens is 329 g/mol. The van der Waals surface area contributed by atoms with E-state index in [0.717, 1.165) is 18.2 Å². The second kappa shape index (κ2) is 6.83. The van der Waals surface area contributed by atoms with Gasteiger partial charge in [-0.25, -0.2) is 12.8 Å². The molecule has 21 heavy (non-hydrogen) atoms. The summed E-state index contributed by atoms with van der Waals surface area (Å²) in [5.74, 6) is -3.98. The molecule has 1 aromatic rings. The van der Waals surface area contributed by atoms with Crippen molar-refractivity contribution in [1.82, 2.24) is 4.72 Å². The van der Waals surface area contributed by atoms with Crippen molar-refractivity contribution in [3.8, 4) is 0 Å². The Balaban J connectivity index is 3.00. The Morgan fingerprint density at radius 2 is 1.95 bits per heavy atom. The standard InChI is InChI=1S/C11H11ClFNO6S/c12-6-1-3-9(7(13)5-6)21(19,20)14-8(11(17)18)2-4-10(15)16/h1,3,5,8,14H,2,4H2,(H,15,16)(H,17,18)/t8-/m0/s1. The number of hydrogen-bond donors (Lipinski definition) is 3. The van der Waals surface area contributed by atoms with Crippen molar-refractivity contribution in [1.29, 1.82) is 0 Å². The lowest BCUT2D eigenvalue weighted by atomic mass is 10.2. The highest BCUT2D eigenvalue weighted by Gasteiger charge is 2.27. The molecule has 0 aliphatic rings. The van der Waals surface area contributed by atoms with E-state index in [4.69, 9.17) is 21.8 Å². The van der Waals surface area contributed by atoms with Crippen LogP contribution in [0.5, 0.6) is 0 Å². The molecule has 0 aliphatic heterocycles. The molecule has 0 unspecified atom stereocenters. The molecule has 0 spiro atoms. The van der Waals surface area contributed by atoms with Crippen LogP contribution in [0.25, 0.3) is 0 Å². The van der Waals surface area contributed by atoms with Crippen molar-refractivity contribution in [2.75, 3.05) is 0 Å². The number of hydrogen-bond acceptors (Lipinski definition) is 4. The minimum absolute atomic E-state index is 0.0212. The van der Waals surface area contributed by atoms with E-state index in [0.29, 0.717) is 0 Å². The molecule has 0 amide bonds. The first kappa shape index (κ1) is 17.3. The first-order chi connectivity index (χ1) is 9.63. The number of sulfonamides is 1. The maximum Gasteiger partial charge on any atom is 0.321 e. The van der Waals surface area contributed by atoms with Gasteiger partial charge in [0.05, 0.1) is 0 Å². The minimum Gasteiger partial charge on any atom is -0.481 e. The number of carbonyl (C=O) groups is 2. The molecule has 10 heteroatoms. The first-order valence-electron chi connectivity index (χ1n) is 5.55. The van der Waals surface area contributed by atoms with Gasteiger partial charge in [-0.3, -0.25) is 9.59 Å². The summed E-state index contributed by atoms with van der Waals surface area (Å²) in [6.45, 7) is 0. The molecule has 7 nitrogen and oxygen atoms in total. The zero-order chi connectivity index (χ0) is 16.2. The van der Waals surface area contributed by atoms with Crippen molar-refractivity contribution in [3.63, 3.8) is 0 Å². The molecular formula is C11H11ClFNO6S. The summed E-state index contributed by atoms with van der Waals surface area (Å²) in [4.78, 5) is 20.6. The van der Waals surface area contributed by atoms with Gasteiger partial charge in [0.1, 0.15) is 16.8 Å². The van der Waals surface area contributed by atoms with Gasteiger partial charge in [-0.2, -0.15) is 4.72 Å². The Labute approximate surface area is 124 Å². The molecule has 1 rings (SSSR count). The van der Waals surface area contributed by atoms with Crippen molar-refractivity contribution in [3.05, 3.63) is 29.0 Å². The van der Waals surface area contributed by atoms with Crippen LogP contribution in [0, 0.1) is 5.82 Å². The number of benzene rings is 1. The lowest BCUT2D eigenvalue weighted by molar-refractivity contribution is -0.140. The second-order valence-corrected chi connectivity index (χ2v) is 6.14. The van der Waals surface area contributed by atoms with Gasteiger partial charge in [-0.1, -0.05) is 11.6 Å². The maximum atomic E-state index is 13.6. The van der Waals surface area contributed by atoms with Crippen LogP contribution in [-0.4, -0.2) is 36.6 Å². The minimum atomic E-state index is -4.46. The van der Waals surface area contributed by atoms with Gasteiger partial charge < -0.3 is 10.2 Å². The van der Waals surface area contributed by atoms with Crippen molar-refractivity contribution in [2.24, 2.45) is 0 Å². The summed E-state index contributed by atoms with van der Waals surface area (Å²) in [6.07, 6.45) is -1.03. The van der Waals surface area contributed by atoms with Crippen molar-refractivity contribution in [2.45, 2.75) is 23.8 Å². The predicted molar refractivity (Wildman–Crippen MR) is 70.0 cm³/mol. The lowest BCUT2D eigenvalue weighted by Gasteiger charge is -2.14. The van der Waals surface area contributed by atoms with Gasteiger partial charge in [0.2, 0.25) is 10.0 Å². The monoisotopic (exact) mass is 339 g/mol. The molecule has 0 aromatic heterocycles. The fraction of sp³-hybridized carbons (Fsp3) is 0.273. The quantitative estimate of drug-likeness (QED) is 0.683. The van der Waals surface area contributed by atoms with E-state index in [-0.39, 0.29) is 5.02 Å². The highest BCUT2D eigenvalue weighted by Crippen LogP contribution is 2.19. The first-order valence-corrected chi connectivity index (χ1v) is 7.41. The summed E-state index contributed by atoms with van der Waals surface area (Å²) in [5.41, 5.74) is 0. The molecule has 0 bridgehead atoms. The topological polar surface area (TPSA) is 121 Å². The maximum absolute atomic E-state index is 13.6. The van der Waals surface area contributed by atoms with Gasteiger partial charge in [0.15, 0.2) is 0 Å². The van der Waals surface area contributed by atoms with Crippen LogP contribution in [0.3, 0.4) is 0 Å². The van der Waals surface area contributed by atoms with Crippen LogP contribution >= 0.6 is 11.6 Å². The largest absolute Gasteiger partial charge is 0.481 e. The second-order valence-electron chi connectivity index (χ2n) is 4.02. The van der Waals surface area contributed by atoms with Crippen molar-refractivity contribution < 1.29 is 32.6 Å². The number of carboxylic acids is 2. The molecule has 0 radical (unpaired) electrons. The highest BCUT2D eigenvalue weighted by atomic mass is 35.5. The van der Waals surface area contributed by atoms with Crippen LogP contribution in [0.4, 0.5) is 4.39 Å². The predicted octanol–water partition coefficient (Wildman–Crippen LogP) is 1.08. The number of rotatable bonds is 7. The zero-order valence-electron chi connectivity index (χ0n) is 10.4. The van der Waals surface area contributed by atoms with E-state index >= 15 is 0 Å². The smallest absolute Gasteiger partial charge is 0.321 e. The molecule has 3 N–H and O–H groups in total. The summed E-state index contributed by atoms with van der Waals surface area (Å²) in [6, 6.07) is 1.10. The van der Waals surface area contributed by atoms with Crippen LogP contribution in [-0.2, 0) is 19.6 Å². The van der Waals surface area contributed by atoms with Gasteiger partial charge in [0.25, 0.3) is 0 Å². The Kier molecular flexibility index (Phi) is 5.64. The fourth-order valence-electron chi connectivity index (χ4n) is 1.44. The third-order valence-corrected chi connectivity index (χ3v) is 4.17. The third-order valence-electron chi connectivity index (χ3n) is 2.43. The van der Waals surface area contributed by atoms with Crippen LogP contribution < -0.4 is 4.72 Å². The molecule has 0 aliphatic carbocycles. The Morgan fingerprint density at radius 1 is 1.33 bits per heavy atom. The summed E-state index contributed by atoms with van der Waals surface area (Å²) < 4.78 is 39.2. The molecule has 0 saturated heterocycles. The zero-order valence-corrected chi connectivity index (χ0v) is 12.0. The average molecular weight is 340 g/mol. The molecule has 0 fully saturated rings. The van der Waals surface area contributed by atoms with Crippen molar-refractivity contribution >= 4 is 33.6 Å². The highest BCUT2D eigenvalue weighted by molar-refractivity contribution is 7.89. The number of aliphatic carboxylic acids is 2. The average Bonchev–Trinajstić information content (AvgIpc) is 2.33. The fourth-order valence-corrected chi connectivity index (χ4v) is 2.89. The Bertz CT molecular complexity index is 663. The molecule has 1 atom stereocenters. The van der Waals surface area contributed by atoms with E-state index in [1.807, 2.05) is 0 Å². The van der Waals surface area contributed by atoms with Crippen LogP contribution in [0.2, 0.25) is 5.02 Å². The summed E-state index contributed by atoms with van der Waals surface area (Å²) >= 11 is 5.49. The van der Waals surface area contributed by atoms with E-state index in [2.05, 4.69) is 0 Å². The summed E-state index contributed by atoms with van der Waals surface area (Å²) in [7, 11) is -4.46. The number of nitrogens with one attached hydrogen (secondary N) is 1. The van der Waals surface area contributed by atoms with E-state index in [1.54, 1.807) is 4.72 Å². The lowest BCUT2D eigenvalue weighted by Crippen LogP contribution is -2.41.